The van der Waals surface area contributed by atoms with Crippen molar-refractivity contribution in [1.29, 1.82) is 0 Å². The molecule has 0 unspecified atom stereocenters. The molecule has 0 aliphatic carbocycles. The summed E-state index contributed by atoms with van der Waals surface area (Å²) in [5, 5.41) is 13.1. The zero-order valence-electron chi connectivity index (χ0n) is 11.6. The number of nitrogens with zero attached hydrogens (tertiary/aromatic N) is 1. The highest BCUT2D eigenvalue weighted by Crippen LogP contribution is 2.29. The Labute approximate surface area is 121 Å². The van der Waals surface area contributed by atoms with Crippen molar-refractivity contribution in [2.45, 2.75) is 11.8 Å². The number of ether oxygens (including phenoxy) is 1. The lowest BCUT2D eigenvalue weighted by Gasteiger charge is -2.12. The van der Waals surface area contributed by atoms with E-state index >= 15 is 0 Å². The average Bonchev–Trinajstić information content (AvgIpc) is 2.42. The summed E-state index contributed by atoms with van der Waals surface area (Å²) in [6, 6.07) is 1.53. The van der Waals surface area contributed by atoms with Crippen LogP contribution in [0.5, 0.6) is 0 Å². The van der Waals surface area contributed by atoms with Crippen LogP contribution in [0.15, 0.2) is 17.0 Å². The number of rotatable bonds is 8. The van der Waals surface area contributed by atoms with Gasteiger partial charge in [-0.25, -0.2) is 17.5 Å². The smallest absolute Gasteiger partial charge is 0.274 e. The number of halogens is 1. The Morgan fingerprint density at radius 1 is 1.43 bits per heavy atom. The number of nitrogens with one attached hydrogen (secondary N) is 2. The summed E-state index contributed by atoms with van der Waals surface area (Å²) in [5.41, 5.74) is -0.726. The highest BCUT2D eigenvalue weighted by Gasteiger charge is 2.26. The van der Waals surface area contributed by atoms with Crippen LogP contribution in [0.1, 0.15) is 6.92 Å². The predicted octanol–water partition coefficient (Wildman–Crippen LogP) is 1.09. The molecule has 10 heteroatoms. The van der Waals surface area contributed by atoms with E-state index in [1.165, 1.54) is 7.05 Å². The largest absolute Gasteiger partial charge is 0.387 e. The molecular weight excluding hydrogens is 305 g/mol. The Balaban J connectivity index is 3.13. The topological polar surface area (TPSA) is 111 Å². The molecule has 1 aromatic carbocycles. The third-order valence-electron chi connectivity index (χ3n) is 2.52. The third kappa shape index (κ3) is 4.34. The van der Waals surface area contributed by atoms with E-state index < -0.39 is 31.3 Å². The summed E-state index contributed by atoms with van der Waals surface area (Å²) in [5.74, 6) is -1.20. The van der Waals surface area contributed by atoms with E-state index in [1.807, 2.05) is 0 Å². The standard InChI is InChI=1S/C11H16FN3O5S/c1-3-20-5-4-14-21(18,19)11-9(12)6-8(15(16)17)7-10(11)13-2/h6-7,13-14H,3-5H2,1-2H3. The molecule has 0 bridgehead atoms. The fraction of sp³-hybridized carbons (Fsp3) is 0.455. The molecular formula is C11H16FN3O5S. The zero-order valence-corrected chi connectivity index (χ0v) is 12.4. The minimum Gasteiger partial charge on any atom is -0.387 e. The SMILES string of the molecule is CCOCCNS(=O)(=O)c1c(F)cc([N+](=O)[O-])cc1NC. The Morgan fingerprint density at radius 2 is 2.10 bits per heavy atom. The Morgan fingerprint density at radius 3 is 2.62 bits per heavy atom. The summed E-state index contributed by atoms with van der Waals surface area (Å²) < 4.78 is 45.2. The maximum absolute atomic E-state index is 13.9. The highest BCUT2D eigenvalue weighted by atomic mass is 32.2. The van der Waals surface area contributed by atoms with Gasteiger partial charge in [0.2, 0.25) is 10.0 Å². The van der Waals surface area contributed by atoms with Crippen LogP contribution in [-0.2, 0) is 14.8 Å². The Bertz CT molecular complexity index is 621. The minimum absolute atomic E-state index is 0.0320. The fourth-order valence-corrected chi connectivity index (χ4v) is 2.87. The average molecular weight is 321 g/mol. The monoisotopic (exact) mass is 321 g/mol. The van der Waals surface area contributed by atoms with Gasteiger partial charge in [-0.15, -0.1) is 0 Å². The van der Waals surface area contributed by atoms with E-state index in [1.54, 1.807) is 6.92 Å². The lowest BCUT2D eigenvalue weighted by molar-refractivity contribution is -0.385. The summed E-state index contributed by atoms with van der Waals surface area (Å²) in [6.07, 6.45) is 0. The molecule has 8 nitrogen and oxygen atoms in total. The Hall–Kier alpha value is -1.78. The normalized spacial score (nSPS) is 11.4. The molecule has 0 aliphatic rings. The van der Waals surface area contributed by atoms with E-state index in [2.05, 4.69) is 10.0 Å². The summed E-state index contributed by atoms with van der Waals surface area (Å²) in [4.78, 5) is 9.19. The molecule has 0 amide bonds. The zero-order chi connectivity index (χ0) is 16.0. The minimum atomic E-state index is -4.15. The number of anilines is 1. The molecule has 0 radical (unpaired) electrons. The quantitative estimate of drug-likeness (QED) is 0.421. The molecule has 0 fully saturated rings. The molecule has 1 aromatic rings. The number of hydrogen-bond donors (Lipinski definition) is 2. The molecule has 0 atom stereocenters. The first-order valence-corrected chi connectivity index (χ1v) is 7.55. The van der Waals surface area contributed by atoms with Gasteiger partial charge in [-0.2, -0.15) is 0 Å². The van der Waals surface area contributed by atoms with Crippen molar-refractivity contribution in [2.24, 2.45) is 0 Å². The van der Waals surface area contributed by atoms with Gasteiger partial charge in [0.15, 0.2) is 5.82 Å². The molecule has 21 heavy (non-hydrogen) atoms. The second-order valence-corrected chi connectivity index (χ2v) is 5.61. The van der Waals surface area contributed by atoms with Crippen LogP contribution in [0, 0.1) is 15.9 Å². The number of sulfonamides is 1. The maximum atomic E-state index is 13.9. The first-order chi connectivity index (χ1) is 9.83. The number of nitro benzene ring substituents is 1. The van der Waals surface area contributed by atoms with Crippen molar-refractivity contribution in [3.8, 4) is 0 Å². The van der Waals surface area contributed by atoms with Crippen LogP contribution in [0.4, 0.5) is 15.8 Å². The van der Waals surface area contributed by atoms with Gasteiger partial charge in [-0.3, -0.25) is 10.1 Å². The van der Waals surface area contributed by atoms with Crippen molar-refractivity contribution in [3.63, 3.8) is 0 Å². The van der Waals surface area contributed by atoms with E-state index in [4.69, 9.17) is 4.74 Å². The van der Waals surface area contributed by atoms with Crippen LogP contribution >= 0.6 is 0 Å². The second-order valence-electron chi connectivity index (χ2n) is 3.91. The van der Waals surface area contributed by atoms with Crippen molar-refractivity contribution >= 4 is 21.4 Å². The van der Waals surface area contributed by atoms with E-state index in [-0.39, 0.29) is 18.8 Å². The first-order valence-electron chi connectivity index (χ1n) is 6.06. The fourth-order valence-electron chi connectivity index (χ4n) is 1.61. The molecule has 0 saturated carbocycles. The van der Waals surface area contributed by atoms with Crippen LogP contribution in [0.2, 0.25) is 0 Å². The van der Waals surface area contributed by atoms with Gasteiger partial charge in [0.25, 0.3) is 5.69 Å². The van der Waals surface area contributed by atoms with Crippen molar-refractivity contribution < 1.29 is 22.5 Å². The van der Waals surface area contributed by atoms with Crippen molar-refractivity contribution in [3.05, 3.63) is 28.1 Å². The van der Waals surface area contributed by atoms with Gasteiger partial charge in [0, 0.05) is 26.3 Å². The van der Waals surface area contributed by atoms with Gasteiger partial charge in [-0.05, 0) is 6.92 Å². The number of nitro groups is 1. The molecule has 0 aliphatic heterocycles. The molecule has 1 rings (SSSR count). The molecule has 118 valence electrons. The van der Waals surface area contributed by atoms with Crippen molar-refractivity contribution in [2.75, 3.05) is 32.1 Å². The van der Waals surface area contributed by atoms with Crippen LogP contribution in [0.3, 0.4) is 0 Å². The van der Waals surface area contributed by atoms with E-state index in [9.17, 15) is 22.9 Å². The highest BCUT2D eigenvalue weighted by molar-refractivity contribution is 7.89. The molecule has 0 spiro atoms. The number of hydrogen-bond acceptors (Lipinski definition) is 6. The second kappa shape index (κ2) is 7.29. The first kappa shape index (κ1) is 17.3. The number of non-ortho nitro benzene ring substituents is 1. The van der Waals surface area contributed by atoms with Gasteiger partial charge in [0.05, 0.1) is 23.3 Å². The molecule has 0 saturated heterocycles. The van der Waals surface area contributed by atoms with Gasteiger partial charge < -0.3 is 10.1 Å². The third-order valence-corrected chi connectivity index (χ3v) is 4.06. The van der Waals surface area contributed by atoms with Gasteiger partial charge in [-0.1, -0.05) is 0 Å². The van der Waals surface area contributed by atoms with Crippen LogP contribution in [0.25, 0.3) is 0 Å². The molecule has 0 heterocycles. The van der Waals surface area contributed by atoms with Gasteiger partial charge in [0.1, 0.15) is 4.90 Å². The summed E-state index contributed by atoms with van der Waals surface area (Å²) in [7, 11) is -2.80. The van der Waals surface area contributed by atoms with Crippen LogP contribution in [-0.4, -0.2) is 40.1 Å². The molecule has 0 aromatic heterocycles. The van der Waals surface area contributed by atoms with Gasteiger partial charge >= 0.3 is 0 Å². The Kier molecular flexibility index (Phi) is 6.00. The molecule has 2 N–H and O–H groups in total. The lowest BCUT2D eigenvalue weighted by Crippen LogP contribution is -2.29. The summed E-state index contributed by atoms with van der Waals surface area (Å²) in [6.45, 7) is 2.29. The predicted molar refractivity (Wildman–Crippen MR) is 74.3 cm³/mol. The van der Waals surface area contributed by atoms with Crippen LogP contribution < -0.4 is 10.0 Å². The maximum Gasteiger partial charge on any atom is 0.274 e. The van der Waals surface area contributed by atoms with E-state index in [0.29, 0.717) is 12.7 Å². The lowest BCUT2D eigenvalue weighted by atomic mass is 10.2. The number of benzene rings is 1. The summed E-state index contributed by atoms with van der Waals surface area (Å²) >= 11 is 0. The van der Waals surface area contributed by atoms with E-state index in [0.717, 1.165) is 6.07 Å². The van der Waals surface area contributed by atoms with Crippen molar-refractivity contribution in [1.82, 2.24) is 4.72 Å².